The second kappa shape index (κ2) is 4.61. The predicted molar refractivity (Wildman–Crippen MR) is 62.8 cm³/mol. The molecule has 16 heavy (non-hydrogen) atoms. The Morgan fingerprint density at radius 1 is 1.31 bits per heavy atom. The Balaban J connectivity index is 2.28. The molecule has 2 aromatic rings. The molecule has 0 radical (unpaired) electrons. The van der Waals surface area contributed by atoms with E-state index in [0.29, 0.717) is 17.7 Å². The topological polar surface area (TPSA) is 43.6 Å². The highest BCUT2D eigenvalue weighted by molar-refractivity contribution is 6.17. The summed E-state index contributed by atoms with van der Waals surface area (Å²) in [5.74, 6) is 1.40. The average Bonchev–Trinajstić information content (AvgIpc) is 2.78. The van der Waals surface area contributed by atoms with Crippen molar-refractivity contribution < 1.29 is 0 Å². The summed E-state index contributed by atoms with van der Waals surface area (Å²) >= 11 is 5.67. The van der Waals surface area contributed by atoms with Gasteiger partial charge in [-0.25, -0.2) is 14.6 Å². The lowest BCUT2D eigenvalue weighted by molar-refractivity contribution is 0.741. The van der Waals surface area contributed by atoms with Crippen LogP contribution in [0.1, 0.15) is 31.0 Å². The molecule has 2 rings (SSSR count). The number of rotatable bonds is 3. The van der Waals surface area contributed by atoms with Gasteiger partial charge in [0, 0.05) is 24.2 Å². The Labute approximate surface area is 99.3 Å². The molecule has 0 aliphatic heterocycles. The van der Waals surface area contributed by atoms with Crippen LogP contribution in [0.4, 0.5) is 0 Å². The standard InChI is InChI=1S/C11H13ClN4/c1-8(2)10-3-4-16(15-10)11-13-6-9(5-12)7-14-11/h3-4,6-8H,5H2,1-2H3. The Hall–Kier alpha value is -1.42. The molecule has 0 spiro atoms. The highest BCUT2D eigenvalue weighted by Crippen LogP contribution is 2.12. The molecular weight excluding hydrogens is 224 g/mol. The first-order valence-electron chi connectivity index (χ1n) is 5.13. The number of halogens is 1. The van der Waals surface area contributed by atoms with Crippen LogP contribution in [0.25, 0.3) is 5.95 Å². The fourth-order valence-electron chi connectivity index (χ4n) is 1.29. The Kier molecular flexibility index (Phi) is 3.19. The van der Waals surface area contributed by atoms with Crippen molar-refractivity contribution in [2.24, 2.45) is 0 Å². The summed E-state index contributed by atoms with van der Waals surface area (Å²) in [6.45, 7) is 4.20. The van der Waals surface area contributed by atoms with Crippen LogP contribution in [0.3, 0.4) is 0 Å². The van der Waals surface area contributed by atoms with Gasteiger partial charge in [-0.05, 0) is 12.0 Å². The third-order valence-electron chi connectivity index (χ3n) is 2.25. The highest BCUT2D eigenvalue weighted by atomic mass is 35.5. The third-order valence-corrected chi connectivity index (χ3v) is 2.56. The van der Waals surface area contributed by atoms with Crippen LogP contribution in [-0.4, -0.2) is 19.7 Å². The molecule has 0 saturated carbocycles. The van der Waals surface area contributed by atoms with E-state index >= 15 is 0 Å². The number of aromatic nitrogens is 4. The first-order chi connectivity index (χ1) is 7.70. The second-order valence-corrected chi connectivity index (χ2v) is 4.13. The van der Waals surface area contributed by atoms with Gasteiger partial charge in [0.2, 0.25) is 5.95 Å². The van der Waals surface area contributed by atoms with Gasteiger partial charge in [0.25, 0.3) is 0 Å². The lowest BCUT2D eigenvalue weighted by Crippen LogP contribution is -2.03. The van der Waals surface area contributed by atoms with Gasteiger partial charge < -0.3 is 0 Å². The van der Waals surface area contributed by atoms with E-state index in [1.54, 1.807) is 17.1 Å². The van der Waals surface area contributed by atoms with Crippen molar-refractivity contribution in [1.29, 1.82) is 0 Å². The van der Waals surface area contributed by atoms with Gasteiger partial charge in [-0.3, -0.25) is 0 Å². The van der Waals surface area contributed by atoms with Crippen LogP contribution < -0.4 is 0 Å². The summed E-state index contributed by atoms with van der Waals surface area (Å²) < 4.78 is 1.67. The number of alkyl halides is 1. The maximum atomic E-state index is 5.67. The molecule has 4 nitrogen and oxygen atoms in total. The maximum Gasteiger partial charge on any atom is 0.250 e. The van der Waals surface area contributed by atoms with Gasteiger partial charge in [0.15, 0.2) is 0 Å². The molecule has 0 fully saturated rings. The van der Waals surface area contributed by atoms with Crippen molar-refractivity contribution in [2.75, 3.05) is 0 Å². The molecular formula is C11H13ClN4. The van der Waals surface area contributed by atoms with Gasteiger partial charge in [-0.15, -0.1) is 11.6 Å². The predicted octanol–water partition coefficient (Wildman–Crippen LogP) is 2.52. The van der Waals surface area contributed by atoms with Crippen LogP contribution in [0, 0.1) is 0 Å². The zero-order valence-corrected chi connectivity index (χ0v) is 10.0. The Morgan fingerprint density at radius 2 is 2.00 bits per heavy atom. The lowest BCUT2D eigenvalue weighted by Gasteiger charge is -2.01. The quantitative estimate of drug-likeness (QED) is 0.770. The molecule has 2 heterocycles. The molecule has 0 bridgehead atoms. The molecule has 0 aliphatic carbocycles. The van der Waals surface area contributed by atoms with Crippen LogP contribution >= 0.6 is 11.6 Å². The second-order valence-electron chi connectivity index (χ2n) is 3.86. The van der Waals surface area contributed by atoms with E-state index in [2.05, 4.69) is 28.9 Å². The smallest absolute Gasteiger partial charge is 0.219 e. The van der Waals surface area contributed by atoms with Gasteiger partial charge >= 0.3 is 0 Å². The monoisotopic (exact) mass is 236 g/mol. The minimum absolute atomic E-state index is 0.406. The molecule has 84 valence electrons. The minimum Gasteiger partial charge on any atom is -0.219 e. The molecule has 0 aromatic carbocycles. The normalized spacial score (nSPS) is 11.0. The van der Waals surface area contributed by atoms with Crippen LogP contribution in [0.2, 0.25) is 0 Å². The van der Waals surface area contributed by atoms with E-state index in [9.17, 15) is 0 Å². The van der Waals surface area contributed by atoms with Crippen molar-refractivity contribution in [3.63, 3.8) is 0 Å². The first-order valence-corrected chi connectivity index (χ1v) is 5.67. The minimum atomic E-state index is 0.406. The first kappa shape index (κ1) is 11.1. The zero-order valence-electron chi connectivity index (χ0n) is 9.26. The molecule has 0 amide bonds. The Morgan fingerprint density at radius 3 is 2.50 bits per heavy atom. The van der Waals surface area contributed by atoms with Crippen molar-refractivity contribution >= 4 is 11.6 Å². The summed E-state index contributed by atoms with van der Waals surface area (Å²) in [6, 6.07) is 1.98. The summed E-state index contributed by atoms with van der Waals surface area (Å²) in [6.07, 6.45) is 5.29. The highest BCUT2D eigenvalue weighted by Gasteiger charge is 2.06. The molecule has 0 saturated heterocycles. The lowest BCUT2D eigenvalue weighted by atomic mass is 10.1. The van der Waals surface area contributed by atoms with Gasteiger partial charge in [0.05, 0.1) is 11.6 Å². The average molecular weight is 237 g/mol. The van der Waals surface area contributed by atoms with Gasteiger partial charge in [0.1, 0.15) is 0 Å². The number of hydrogen-bond acceptors (Lipinski definition) is 3. The Bertz CT molecular complexity index is 461. The summed E-state index contributed by atoms with van der Waals surface area (Å²) in [4.78, 5) is 8.39. The van der Waals surface area contributed by atoms with E-state index in [1.165, 1.54) is 0 Å². The largest absolute Gasteiger partial charge is 0.250 e. The molecule has 0 atom stereocenters. The van der Waals surface area contributed by atoms with Crippen LogP contribution in [0.15, 0.2) is 24.7 Å². The van der Waals surface area contributed by atoms with E-state index in [1.807, 2.05) is 12.3 Å². The SMILES string of the molecule is CC(C)c1ccn(-c2ncc(CCl)cn2)n1. The summed E-state index contributed by atoms with van der Waals surface area (Å²) in [5, 5.41) is 4.39. The van der Waals surface area contributed by atoms with Gasteiger partial charge in [-0.2, -0.15) is 5.10 Å². The van der Waals surface area contributed by atoms with Crippen molar-refractivity contribution in [3.05, 3.63) is 35.9 Å². The van der Waals surface area contributed by atoms with Gasteiger partial charge in [-0.1, -0.05) is 13.8 Å². The summed E-state index contributed by atoms with van der Waals surface area (Å²) in [5.41, 5.74) is 1.94. The van der Waals surface area contributed by atoms with E-state index in [4.69, 9.17) is 11.6 Å². The zero-order chi connectivity index (χ0) is 11.5. The maximum absolute atomic E-state index is 5.67. The molecule has 2 aromatic heterocycles. The summed E-state index contributed by atoms with van der Waals surface area (Å²) in [7, 11) is 0. The molecule has 5 heteroatoms. The molecule has 0 N–H and O–H groups in total. The fraction of sp³-hybridized carbons (Fsp3) is 0.364. The van der Waals surface area contributed by atoms with Crippen LogP contribution in [-0.2, 0) is 5.88 Å². The number of nitrogens with zero attached hydrogens (tertiary/aromatic N) is 4. The van der Waals surface area contributed by atoms with Crippen molar-refractivity contribution in [1.82, 2.24) is 19.7 Å². The molecule has 0 aliphatic rings. The fourth-order valence-corrected chi connectivity index (χ4v) is 1.43. The van der Waals surface area contributed by atoms with E-state index in [-0.39, 0.29) is 0 Å². The van der Waals surface area contributed by atoms with E-state index in [0.717, 1.165) is 11.3 Å². The van der Waals surface area contributed by atoms with Crippen molar-refractivity contribution in [2.45, 2.75) is 25.6 Å². The number of hydrogen-bond donors (Lipinski definition) is 0. The molecule has 0 unspecified atom stereocenters. The third kappa shape index (κ3) is 2.22. The van der Waals surface area contributed by atoms with E-state index < -0.39 is 0 Å². The van der Waals surface area contributed by atoms with Crippen molar-refractivity contribution in [3.8, 4) is 5.95 Å². The van der Waals surface area contributed by atoms with Crippen LogP contribution in [0.5, 0.6) is 0 Å².